The summed E-state index contributed by atoms with van der Waals surface area (Å²) in [6.45, 7) is 7.42. The van der Waals surface area contributed by atoms with Crippen LogP contribution in [0.25, 0.3) is 0 Å². The number of hydrogen-bond acceptors (Lipinski definition) is 4. The van der Waals surface area contributed by atoms with Gasteiger partial charge in [-0.2, -0.15) is 5.10 Å². The van der Waals surface area contributed by atoms with Gasteiger partial charge in [0.05, 0.1) is 12.2 Å². The highest BCUT2D eigenvalue weighted by Crippen LogP contribution is 2.43. The number of aromatic nitrogens is 2. The van der Waals surface area contributed by atoms with Crippen LogP contribution in [0.4, 0.5) is 0 Å². The summed E-state index contributed by atoms with van der Waals surface area (Å²) in [5.74, 6) is 0.299. The summed E-state index contributed by atoms with van der Waals surface area (Å²) < 4.78 is 0. The highest BCUT2D eigenvalue weighted by molar-refractivity contribution is 5.82. The average Bonchev–Trinajstić information content (AvgIpc) is 3.24. The summed E-state index contributed by atoms with van der Waals surface area (Å²) in [7, 11) is 4.16. The molecule has 3 heterocycles. The maximum atomic E-state index is 13.1. The van der Waals surface area contributed by atoms with Gasteiger partial charge < -0.3 is 9.80 Å². The standard InChI is InChI=1S/C19H33N5O/c1-4-8-24-15-19(6-10-22(2)11-7-19)12-17(24)18(25)23(3)9-5-16-13-20-21-14-16/h13-14,17H,4-12,15H2,1-3H3,(H,20,21)/t17-/m1/s1. The lowest BCUT2D eigenvalue weighted by Gasteiger charge is -2.37. The van der Waals surface area contributed by atoms with Crippen LogP contribution in [0.15, 0.2) is 12.4 Å². The van der Waals surface area contributed by atoms with Crippen molar-refractivity contribution in [2.45, 2.75) is 45.1 Å². The van der Waals surface area contributed by atoms with Crippen molar-refractivity contribution >= 4 is 5.91 Å². The van der Waals surface area contributed by atoms with Crippen molar-refractivity contribution in [3.8, 4) is 0 Å². The number of nitrogens with one attached hydrogen (secondary N) is 1. The van der Waals surface area contributed by atoms with Gasteiger partial charge in [0.2, 0.25) is 5.91 Å². The minimum atomic E-state index is 0.0673. The molecule has 3 rings (SSSR count). The normalized spacial score (nSPS) is 24.0. The smallest absolute Gasteiger partial charge is 0.239 e. The summed E-state index contributed by atoms with van der Waals surface area (Å²) in [5, 5.41) is 6.82. The number of nitrogens with zero attached hydrogens (tertiary/aromatic N) is 4. The summed E-state index contributed by atoms with van der Waals surface area (Å²) in [6, 6.07) is 0.0673. The minimum Gasteiger partial charge on any atom is -0.344 e. The molecule has 0 radical (unpaired) electrons. The molecule has 25 heavy (non-hydrogen) atoms. The van der Waals surface area contributed by atoms with Crippen molar-refractivity contribution in [3.05, 3.63) is 18.0 Å². The number of amides is 1. The highest BCUT2D eigenvalue weighted by atomic mass is 16.2. The number of aromatic amines is 1. The first-order chi connectivity index (χ1) is 12.0. The molecule has 2 aliphatic rings. The van der Waals surface area contributed by atoms with Gasteiger partial charge in [-0.25, -0.2) is 0 Å². The van der Waals surface area contributed by atoms with E-state index in [1.54, 1.807) is 0 Å². The Kier molecular flexibility index (Phi) is 5.79. The lowest BCUT2D eigenvalue weighted by atomic mass is 9.76. The van der Waals surface area contributed by atoms with Crippen LogP contribution in [-0.2, 0) is 11.2 Å². The van der Waals surface area contributed by atoms with Crippen LogP contribution in [0, 0.1) is 5.41 Å². The second kappa shape index (κ2) is 7.87. The first kappa shape index (κ1) is 18.4. The Hall–Kier alpha value is -1.40. The molecule has 1 N–H and O–H groups in total. The van der Waals surface area contributed by atoms with Gasteiger partial charge in [0.15, 0.2) is 0 Å². The Morgan fingerprint density at radius 1 is 1.44 bits per heavy atom. The monoisotopic (exact) mass is 347 g/mol. The van der Waals surface area contributed by atoms with Gasteiger partial charge in [-0.15, -0.1) is 0 Å². The lowest BCUT2D eigenvalue weighted by molar-refractivity contribution is -0.134. The number of H-pyrrole nitrogens is 1. The van der Waals surface area contributed by atoms with E-state index in [0.717, 1.165) is 57.5 Å². The van der Waals surface area contributed by atoms with Crippen molar-refractivity contribution in [2.75, 3.05) is 46.8 Å². The molecule has 2 saturated heterocycles. The molecule has 1 amide bonds. The Morgan fingerprint density at radius 2 is 2.20 bits per heavy atom. The Morgan fingerprint density at radius 3 is 2.84 bits per heavy atom. The number of likely N-dealkylation sites (tertiary alicyclic amines) is 2. The molecule has 0 unspecified atom stereocenters. The van der Waals surface area contributed by atoms with Crippen molar-refractivity contribution < 1.29 is 4.79 Å². The van der Waals surface area contributed by atoms with Gasteiger partial charge in [0, 0.05) is 26.3 Å². The fraction of sp³-hybridized carbons (Fsp3) is 0.789. The van der Waals surface area contributed by atoms with Gasteiger partial charge in [0.25, 0.3) is 0 Å². The molecule has 0 bridgehead atoms. The maximum Gasteiger partial charge on any atom is 0.239 e. The zero-order chi connectivity index (χ0) is 17.9. The summed E-state index contributed by atoms with van der Waals surface area (Å²) in [4.78, 5) is 19.9. The van der Waals surface area contributed by atoms with E-state index >= 15 is 0 Å². The molecule has 140 valence electrons. The molecule has 2 fully saturated rings. The van der Waals surface area contributed by atoms with Crippen LogP contribution < -0.4 is 0 Å². The van der Waals surface area contributed by atoms with Gasteiger partial charge in [-0.1, -0.05) is 6.92 Å². The first-order valence-corrected chi connectivity index (χ1v) is 9.68. The van der Waals surface area contributed by atoms with Crippen LogP contribution >= 0.6 is 0 Å². The third-order valence-corrected chi connectivity index (χ3v) is 6.12. The molecule has 6 heteroatoms. The molecule has 1 aromatic heterocycles. The molecule has 1 aromatic rings. The Balaban J connectivity index is 1.62. The zero-order valence-corrected chi connectivity index (χ0v) is 16.0. The minimum absolute atomic E-state index is 0.0673. The molecule has 0 saturated carbocycles. The van der Waals surface area contributed by atoms with E-state index in [1.165, 1.54) is 12.8 Å². The molecule has 1 atom stereocenters. The first-order valence-electron chi connectivity index (χ1n) is 9.68. The molecule has 6 nitrogen and oxygen atoms in total. The molecule has 0 aromatic carbocycles. The quantitative estimate of drug-likeness (QED) is 0.849. The van der Waals surface area contributed by atoms with Crippen LogP contribution in [-0.4, -0.2) is 83.7 Å². The molecular formula is C19H33N5O. The number of hydrogen-bond donors (Lipinski definition) is 1. The van der Waals surface area contributed by atoms with Crippen LogP contribution in [0.3, 0.4) is 0 Å². The Labute approximate surface area is 151 Å². The third-order valence-electron chi connectivity index (χ3n) is 6.12. The summed E-state index contributed by atoms with van der Waals surface area (Å²) in [6.07, 6.45) is 9.21. The maximum absolute atomic E-state index is 13.1. The summed E-state index contributed by atoms with van der Waals surface area (Å²) in [5.41, 5.74) is 1.51. The van der Waals surface area contributed by atoms with Crippen LogP contribution in [0.5, 0.6) is 0 Å². The average molecular weight is 348 g/mol. The Bertz CT molecular complexity index is 550. The van der Waals surface area contributed by atoms with E-state index in [0.29, 0.717) is 11.3 Å². The van der Waals surface area contributed by atoms with E-state index in [1.807, 2.05) is 24.3 Å². The largest absolute Gasteiger partial charge is 0.344 e. The fourth-order valence-electron chi connectivity index (χ4n) is 4.44. The lowest BCUT2D eigenvalue weighted by Crippen LogP contribution is -2.44. The number of likely N-dealkylation sites (N-methyl/N-ethyl adjacent to an activating group) is 1. The van der Waals surface area contributed by atoms with Gasteiger partial charge >= 0.3 is 0 Å². The van der Waals surface area contributed by atoms with Gasteiger partial charge in [-0.05, 0) is 69.8 Å². The topological polar surface area (TPSA) is 55.5 Å². The van der Waals surface area contributed by atoms with E-state index < -0.39 is 0 Å². The molecular weight excluding hydrogens is 314 g/mol. The van der Waals surface area contributed by atoms with Crippen LogP contribution in [0.2, 0.25) is 0 Å². The zero-order valence-electron chi connectivity index (χ0n) is 16.0. The predicted molar refractivity (Wildman–Crippen MR) is 99.4 cm³/mol. The van der Waals surface area contributed by atoms with Gasteiger partial charge in [-0.3, -0.25) is 14.8 Å². The second-order valence-corrected chi connectivity index (χ2v) is 8.11. The molecule has 0 aliphatic carbocycles. The van der Waals surface area contributed by atoms with Gasteiger partial charge in [0.1, 0.15) is 0 Å². The van der Waals surface area contributed by atoms with E-state index in [-0.39, 0.29) is 6.04 Å². The molecule has 1 spiro atoms. The van der Waals surface area contributed by atoms with Crippen molar-refractivity contribution in [1.82, 2.24) is 24.9 Å². The SMILES string of the molecule is CCCN1CC2(CCN(C)CC2)C[C@@H]1C(=O)N(C)CCc1cn[nH]c1. The van der Waals surface area contributed by atoms with Crippen molar-refractivity contribution in [2.24, 2.45) is 5.41 Å². The second-order valence-electron chi connectivity index (χ2n) is 8.11. The van der Waals surface area contributed by atoms with Crippen molar-refractivity contribution in [1.29, 1.82) is 0 Å². The summed E-state index contributed by atoms with van der Waals surface area (Å²) >= 11 is 0. The highest BCUT2D eigenvalue weighted by Gasteiger charge is 2.47. The number of carbonyl (C=O) groups excluding carboxylic acids is 1. The van der Waals surface area contributed by atoms with E-state index in [9.17, 15) is 4.79 Å². The van der Waals surface area contributed by atoms with Crippen molar-refractivity contribution in [3.63, 3.8) is 0 Å². The third kappa shape index (κ3) is 4.23. The number of rotatable bonds is 6. The number of piperidine rings is 1. The molecule has 2 aliphatic heterocycles. The van der Waals surface area contributed by atoms with Crippen LogP contribution in [0.1, 0.15) is 38.2 Å². The van der Waals surface area contributed by atoms with E-state index in [4.69, 9.17) is 0 Å². The fourth-order valence-corrected chi connectivity index (χ4v) is 4.44. The van der Waals surface area contributed by atoms with E-state index in [2.05, 4.69) is 34.0 Å². The predicted octanol–water partition coefficient (Wildman–Crippen LogP) is 1.61. The number of carbonyl (C=O) groups is 1.